The lowest BCUT2D eigenvalue weighted by atomic mass is 9.87. The van der Waals surface area contributed by atoms with E-state index in [2.05, 4.69) is 48.9 Å². The predicted octanol–water partition coefficient (Wildman–Crippen LogP) is 6.78. The third kappa shape index (κ3) is 6.05. The molecule has 4 rings (SSSR count). The minimum atomic E-state index is 0.110. The number of para-hydroxylation sites is 2. The Hall–Kier alpha value is -4.24. The molecule has 1 N–H and O–H groups in total. The Bertz CT molecular complexity index is 1360. The van der Waals surface area contributed by atoms with Crippen molar-refractivity contribution in [3.05, 3.63) is 83.7 Å². The van der Waals surface area contributed by atoms with E-state index in [1.165, 1.54) is 5.56 Å². The first-order valence-corrected chi connectivity index (χ1v) is 12.1. The maximum absolute atomic E-state index is 9.74. The Labute approximate surface area is 212 Å². The summed E-state index contributed by atoms with van der Waals surface area (Å²) in [6.07, 6.45) is 1.79. The van der Waals surface area contributed by atoms with E-state index in [1.54, 1.807) is 6.08 Å². The highest BCUT2D eigenvalue weighted by Crippen LogP contribution is 2.30. The first-order valence-electron chi connectivity index (χ1n) is 12.1. The molecule has 1 heterocycles. The minimum Gasteiger partial charge on any atom is -0.490 e. The van der Waals surface area contributed by atoms with Crippen LogP contribution in [0.4, 0.5) is 0 Å². The molecule has 0 unspecified atom stereocenters. The second-order valence-corrected chi connectivity index (χ2v) is 9.38. The lowest BCUT2D eigenvalue weighted by Gasteiger charge is -2.19. The van der Waals surface area contributed by atoms with Crippen LogP contribution in [0.1, 0.15) is 44.6 Å². The molecule has 184 valence electrons. The van der Waals surface area contributed by atoms with Gasteiger partial charge in [-0.1, -0.05) is 51.1 Å². The van der Waals surface area contributed by atoms with Crippen LogP contribution in [0.5, 0.6) is 17.2 Å². The summed E-state index contributed by atoms with van der Waals surface area (Å²) in [6.45, 7) is 9.77. The van der Waals surface area contributed by atoms with Crippen LogP contribution in [0.15, 0.2) is 66.7 Å². The molecule has 0 saturated carbocycles. The number of nitrogens with one attached hydrogen (secondary N) is 1. The number of fused-ring (bicyclic) bond motifs is 1. The highest BCUT2D eigenvalue weighted by Gasteiger charge is 2.13. The molecule has 6 nitrogen and oxygen atoms in total. The number of hydrogen-bond acceptors (Lipinski definition) is 5. The number of hydrogen-bond donors (Lipinski definition) is 1. The van der Waals surface area contributed by atoms with E-state index in [9.17, 15) is 5.26 Å². The standard InChI is InChI=1S/C30H31N3O3/c1-5-34-28-19-21(18-22(20-31)29-32-25-8-6-7-9-26(25)33-29)10-15-27(28)36-17-16-35-24-13-11-23(12-14-24)30(2,3)4/h6-15,18-19H,5,16-17H2,1-4H3,(H,32,33)/b22-18+. The molecule has 6 heteroatoms. The molecular weight excluding hydrogens is 450 g/mol. The van der Waals surface area contributed by atoms with Crippen molar-refractivity contribution >= 4 is 22.7 Å². The summed E-state index contributed by atoms with van der Waals surface area (Å²) < 4.78 is 17.6. The predicted molar refractivity (Wildman–Crippen MR) is 143 cm³/mol. The largest absolute Gasteiger partial charge is 0.490 e. The molecule has 0 amide bonds. The maximum Gasteiger partial charge on any atom is 0.161 e. The Morgan fingerprint density at radius 3 is 2.39 bits per heavy atom. The van der Waals surface area contributed by atoms with Crippen molar-refractivity contribution in [1.82, 2.24) is 9.97 Å². The van der Waals surface area contributed by atoms with Gasteiger partial charge in [-0.25, -0.2) is 4.98 Å². The number of rotatable bonds is 9. The first-order chi connectivity index (χ1) is 17.4. The highest BCUT2D eigenvalue weighted by atomic mass is 16.5. The topological polar surface area (TPSA) is 80.2 Å². The zero-order valence-corrected chi connectivity index (χ0v) is 21.2. The summed E-state index contributed by atoms with van der Waals surface area (Å²) in [4.78, 5) is 7.74. The molecule has 0 radical (unpaired) electrons. The zero-order valence-electron chi connectivity index (χ0n) is 21.2. The molecule has 3 aromatic carbocycles. The van der Waals surface area contributed by atoms with Crippen LogP contribution < -0.4 is 14.2 Å². The Morgan fingerprint density at radius 1 is 0.944 bits per heavy atom. The molecule has 0 aliphatic carbocycles. The molecule has 0 bridgehead atoms. The smallest absolute Gasteiger partial charge is 0.161 e. The van der Waals surface area contributed by atoms with E-state index in [4.69, 9.17) is 14.2 Å². The monoisotopic (exact) mass is 481 g/mol. The summed E-state index contributed by atoms with van der Waals surface area (Å²) in [6, 6.07) is 23.7. The van der Waals surface area contributed by atoms with E-state index in [-0.39, 0.29) is 5.41 Å². The van der Waals surface area contributed by atoms with Gasteiger partial charge in [0.1, 0.15) is 30.9 Å². The van der Waals surface area contributed by atoms with Crippen molar-refractivity contribution in [2.24, 2.45) is 0 Å². The summed E-state index contributed by atoms with van der Waals surface area (Å²) in [5, 5.41) is 9.74. The summed E-state index contributed by atoms with van der Waals surface area (Å²) in [5.41, 5.74) is 4.34. The normalized spacial score (nSPS) is 11.8. The van der Waals surface area contributed by atoms with Crippen LogP contribution in [0, 0.1) is 11.3 Å². The van der Waals surface area contributed by atoms with Gasteiger partial charge in [0.25, 0.3) is 0 Å². The molecule has 0 spiro atoms. The van der Waals surface area contributed by atoms with Crippen LogP contribution in [-0.2, 0) is 5.41 Å². The van der Waals surface area contributed by atoms with Crippen LogP contribution >= 0.6 is 0 Å². The molecule has 4 aromatic rings. The number of H-pyrrole nitrogens is 1. The van der Waals surface area contributed by atoms with E-state index >= 15 is 0 Å². The number of nitriles is 1. The number of nitrogens with zero attached hydrogens (tertiary/aromatic N) is 2. The second kappa shape index (κ2) is 11.0. The van der Waals surface area contributed by atoms with Gasteiger partial charge in [-0.15, -0.1) is 0 Å². The maximum atomic E-state index is 9.74. The zero-order chi connectivity index (χ0) is 25.5. The van der Waals surface area contributed by atoms with Gasteiger partial charge in [-0.3, -0.25) is 0 Å². The van der Waals surface area contributed by atoms with Gasteiger partial charge in [0.15, 0.2) is 11.5 Å². The van der Waals surface area contributed by atoms with E-state index in [0.717, 1.165) is 22.3 Å². The molecule has 0 aliphatic heterocycles. The number of ether oxygens (including phenoxy) is 3. The quantitative estimate of drug-likeness (QED) is 0.210. The number of aromatic amines is 1. The van der Waals surface area contributed by atoms with Crippen molar-refractivity contribution in [2.45, 2.75) is 33.1 Å². The highest BCUT2D eigenvalue weighted by molar-refractivity contribution is 5.90. The Morgan fingerprint density at radius 2 is 1.69 bits per heavy atom. The Balaban J connectivity index is 1.42. The summed E-state index contributed by atoms with van der Waals surface area (Å²) >= 11 is 0. The van der Waals surface area contributed by atoms with Crippen LogP contribution in [0.3, 0.4) is 0 Å². The minimum absolute atomic E-state index is 0.110. The van der Waals surface area contributed by atoms with Crippen LogP contribution in [-0.4, -0.2) is 29.8 Å². The lowest BCUT2D eigenvalue weighted by molar-refractivity contribution is 0.208. The molecule has 1 aromatic heterocycles. The van der Waals surface area contributed by atoms with E-state index in [1.807, 2.05) is 61.5 Å². The Kier molecular flexibility index (Phi) is 7.60. The number of aromatic nitrogens is 2. The molecule has 0 atom stereocenters. The summed E-state index contributed by atoms with van der Waals surface area (Å²) in [5.74, 6) is 2.59. The van der Waals surface area contributed by atoms with Crippen molar-refractivity contribution in [2.75, 3.05) is 19.8 Å². The fraction of sp³-hybridized carbons (Fsp3) is 0.267. The van der Waals surface area contributed by atoms with Gasteiger partial charge in [-0.05, 0) is 65.9 Å². The van der Waals surface area contributed by atoms with E-state index < -0.39 is 0 Å². The molecule has 0 saturated heterocycles. The fourth-order valence-corrected chi connectivity index (χ4v) is 3.76. The van der Waals surface area contributed by atoms with Crippen molar-refractivity contribution < 1.29 is 14.2 Å². The van der Waals surface area contributed by atoms with Gasteiger partial charge in [0, 0.05) is 0 Å². The third-order valence-electron chi connectivity index (χ3n) is 5.67. The molecule has 36 heavy (non-hydrogen) atoms. The second-order valence-electron chi connectivity index (χ2n) is 9.38. The number of imidazole rings is 1. The van der Waals surface area contributed by atoms with Crippen molar-refractivity contribution in [3.63, 3.8) is 0 Å². The number of allylic oxidation sites excluding steroid dienone is 1. The third-order valence-corrected chi connectivity index (χ3v) is 5.67. The van der Waals surface area contributed by atoms with Gasteiger partial charge in [0.05, 0.1) is 23.2 Å². The number of benzene rings is 3. The van der Waals surface area contributed by atoms with Gasteiger partial charge in [0.2, 0.25) is 0 Å². The summed E-state index contributed by atoms with van der Waals surface area (Å²) in [7, 11) is 0. The molecular formula is C30H31N3O3. The molecule has 0 fully saturated rings. The SMILES string of the molecule is CCOc1cc(/C=C(\C#N)c2nc3ccccc3[nH]2)ccc1OCCOc1ccc(C(C)(C)C)cc1. The van der Waals surface area contributed by atoms with Gasteiger partial charge in [-0.2, -0.15) is 5.26 Å². The molecule has 0 aliphatic rings. The van der Waals surface area contributed by atoms with Crippen molar-refractivity contribution in [3.8, 4) is 23.3 Å². The fourth-order valence-electron chi connectivity index (χ4n) is 3.76. The average molecular weight is 482 g/mol. The van der Waals surface area contributed by atoms with Gasteiger partial charge >= 0.3 is 0 Å². The van der Waals surface area contributed by atoms with E-state index in [0.29, 0.717) is 42.7 Å². The van der Waals surface area contributed by atoms with Crippen LogP contribution in [0.2, 0.25) is 0 Å². The van der Waals surface area contributed by atoms with Gasteiger partial charge < -0.3 is 19.2 Å². The van der Waals surface area contributed by atoms with Crippen molar-refractivity contribution in [1.29, 1.82) is 5.26 Å². The first kappa shape index (κ1) is 24.9. The average Bonchev–Trinajstić information content (AvgIpc) is 3.30. The lowest BCUT2D eigenvalue weighted by Crippen LogP contribution is -2.12. The van der Waals surface area contributed by atoms with Crippen LogP contribution in [0.25, 0.3) is 22.7 Å².